The normalized spacial score (nSPS) is 12.2. The Balaban J connectivity index is 1.77. The van der Waals surface area contributed by atoms with Gasteiger partial charge in [-0.05, 0) is 51.1 Å². The van der Waals surface area contributed by atoms with Gasteiger partial charge >= 0.3 is 0 Å². The number of nitrogens with zero attached hydrogens (tertiary/aromatic N) is 4. The van der Waals surface area contributed by atoms with E-state index >= 15 is 0 Å². The van der Waals surface area contributed by atoms with Crippen LogP contribution in [0.1, 0.15) is 43.7 Å². The van der Waals surface area contributed by atoms with E-state index in [1.165, 1.54) is 6.92 Å². The van der Waals surface area contributed by atoms with Crippen LogP contribution in [-0.4, -0.2) is 51.2 Å². The Bertz CT molecular complexity index is 1670. The number of hydrogen-bond donors (Lipinski definition) is 1. The van der Waals surface area contributed by atoms with Gasteiger partial charge in [-0.3, -0.25) is 14.6 Å². The van der Waals surface area contributed by atoms with E-state index in [4.69, 9.17) is 37.8 Å². The standard InChI is InChI=1S/C30H29Cl2N5O4/c1-16(38)34-20-7-17(13-33-14-20)22-11-23-26(12-25(22)40-6)41-15-24-27(29(39)36(5)30(2,3)4)35-37(28(23)24)21-9-18(31)8-19(32)10-21/h7-14H,15H2,1-6H3,(H,34,38). The van der Waals surface area contributed by atoms with Crippen molar-refractivity contribution >= 4 is 40.7 Å². The predicted octanol–water partition coefficient (Wildman–Crippen LogP) is 6.64. The van der Waals surface area contributed by atoms with Crippen molar-refractivity contribution in [3.05, 3.63) is 70.1 Å². The van der Waals surface area contributed by atoms with Crippen molar-refractivity contribution in [3.63, 3.8) is 0 Å². The minimum Gasteiger partial charge on any atom is -0.496 e. The maximum Gasteiger partial charge on any atom is 0.274 e. The molecule has 0 saturated carbocycles. The van der Waals surface area contributed by atoms with Gasteiger partial charge in [0.05, 0.1) is 30.4 Å². The van der Waals surface area contributed by atoms with Gasteiger partial charge in [0, 0.05) is 64.1 Å². The monoisotopic (exact) mass is 593 g/mol. The predicted molar refractivity (Wildman–Crippen MR) is 159 cm³/mol. The van der Waals surface area contributed by atoms with Crippen LogP contribution in [0.2, 0.25) is 10.0 Å². The summed E-state index contributed by atoms with van der Waals surface area (Å²) in [6, 6.07) is 10.6. The number of halogens is 2. The van der Waals surface area contributed by atoms with Gasteiger partial charge in [-0.15, -0.1) is 0 Å². The molecule has 11 heteroatoms. The summed E-state index contributed by atoms with van der Waals surface area (Å²) in [7, 11) is 3.32. The molecule has 0 radical (unpaired) electrons. The van der Waals surface area contributed by atoms with Crippen LogP contribution in [0.3, 0.4) is 0 Å². The molecule has 0 unspecified atom stereocenters. The Kier molecular flexibility index (Phi) is 7.44. The van der Waals surface area contributed by atoms with Crippen molar-refractivity contribution in [2.75, 3.05) is 19.5 Å². The number of carbonyl (C=O) groups is 2. The van der Waals surface area contributed by atoms with Crippen LogP contribution in [0.15, 0.2) is 48.8 Å². The zero-order valence-corrected chi connectivity index (χ0v) is 25.0. The van der Waals surface area contributed by atoms with Gasteiger partial charge in [0.25, 0.3) is 5.91 Å². The highest BCUT2D eigenvalue weighted by molar-refractivity contribution is 6.34. The van der Waals surface area contributed by atoms with Gasteiger partial charge in [0.1, 0.15) is 18.1 Å². The SMILES string of the molecule is COc1cc2c(cc1-c1cncc(NC(C)=O)c1)-c1c(c(C(=O)N(C)C(C)(C)C)nn1-c1cc(Cl)cc(Cl)c1)CO2. The lowest BCUT2D eigenvalue weighted by molar-refractivity contribution is -0.114. The third kappa shape index (κ3) is 5.47. The number of nitrogens with one attached hydrogen (secondary N) is 1. The number of anilines is 1. The van der Waals surface area contributed by atoms with Crippen LogP contribution in [0, 0.1) is 0 Å². The van der Waals surface area contributed by atoms with Crippen molar-refractivity contribution in [2.45, 2.75) is 39.8 Å². The number of rotatable bonds is 5. The lowest BCUT2D eigenvalue weighted by atomic mass is 9.96. The Morgan fingerprint density at radius 1 is 1.05 bits per heavy atom. The average molecular weight is 594 g/mol. The number of carbonyl (C=O) groups excluding carboxylic acids is 2. The summed E-state index contributed by atoms with van der Waals surface area (Å²) in [4.78, 5) is 31.4. The number of ether oxygens (including phenoxy) is 2. The highest BCUT2D eigenvalue weighted by Gasteiger charge is 2.34. The molecule has 1 aliphatic rings. The number of aromatic nitrogens is 3. The summed E-state index contributed by atoms with van der Waals surface area (Å²) in [6.07, 6.45) is 3.25. The van der Waals surface area contributed by atoms with E-state index in [2.05, 4.69) is 10.3 Å². The van der Waals surface area contributed by atoms with Gasteiger partial charge in [0.15, 0.2) is 5.69 Å². The molecule has 2 amide bonds. The summed E-state index contributed by atoms with van der Waals surface area (Å²) < 4.78 is 13.6. The summed E-state index contributed by atoms with van der Waals surface area (Å²) >= 11 is 12.8. The van der Waals surface area contributed by atoms with Crippen LogP contribution in [0.5, 0.6) is 11.5 Å². The first-order chi connectivity index (χ1) is 19.4. The smallest absolute Gasteiger partial charge is 0.274 e. The molecule has 0 saturated heterocycles. The molecule has 212 valence electrons. The summed E-state index contributed by atoms with van der Waals surface area (Å²) in [5, 5.41) is 8.43. The second-order valence-electron chi connectivity index (χ2n) is 10.7. The number of hydrogen-bond acceptors (Lipinski definition) is 6. The molecule has 41 heavy (non-hydrogen) atoms. The van der Waals surface area contributed by atoms with E-state index in [1.54, 1.807) is 60.4 Å². The van der Waals surface area contributed by atoms with Crippen molar-refractivity contribution in [1.82, 2.24) is 19.7 Å². The third-order valence-corrected chi connectivity index (χ3v) is 7.32. The number of benzene rings is 2. The lowest BCUT2D eigenvalue weighted by Gasteiger charge is -2.31. The topological polar surface area (TPSA) is 98.6 Å². The van der Waals surface area contributed by atoms with Crippen LogP contribution >= 0.6 is 23.2 Å². The van der Waals surface area contributed by atoms with E-state index in [1.807, 2.05) is 32.9 Å². The van der Waals surface area contributed by atoms with Crippen molar-refractivity contribution in [3.8, 4) is 39.6 Å². The third-order valence-electron chi connectivity index (χ3n) is 6.89. The number of methoxy groups -OCH3 is 1. The zero-order valence-electron chi connectivity index (χ0n) is 23.5. The molecule has 0 aliphatic carbocycles. The molecule has 1 aliphatic heterocycles. The maximum atomic E-state index is 13.7. The van der Waals surface area contributed by atoms with Crippen LogP contribution in [-0.2, 0) is 11.4 Å². The first-order valence-corrected chi connectivity index (χ1v) is 13.6. The summed E-state index contributed by atoms with van der Waals surface area (Å²) in [5.41, 5.74) is 4.38. The molecule has 2 aromatic heterocycles. The first kappa shape index (κ1) is 28.4. The number of fused-ring (bicyclic) bond motifs is 3. The van der Waals surface area contributed by atoms with Crippen molar-refractivity contribution in [2.24, 2.45) is 0 Å². The molecular formula is C30H29Cl2N5O4. The van der Waals surface area contributed by atoms with Crippen molar-refractivity contribution in [1.29, 1.82) is 0 Å². The minimum absolute atomic E-state index is 0.123. The van der Waals surface area contributed by atoms with Crippen LogP contribution in [0.25, 0.3) is 28.1 Å². The van der Waals surface area contributed by atoms with Gasteiger partial charge in [-0.1, -0.05) is 23.2 Å². The molecular weight excluding hydrogens is 565 g/mol. The van der Waals surface area contributed by atoms with E-state index in [0.29, 0.717) is 60.9 Å². The van der Waals surface area contributed by atoms with Crippen LogP contribution in [0.4, 0.5) is 5.69 Å². The fraction of sp³-hybridized carbons (Fsp3) is 0.267. The largest absolute Gasteiger partial charge is 0.496 e. The van der Waals surface area contributed by atoms with E-state index in [9.17, 15) is 9.59 Å². The first-order valence-electron chi connectivity index (χ1n) is 12.8. The molecule has 1 N–H and O–H groups in total. The van der Waals surface area contributed by atoms with Gasteiger partial charge in [0.2, 0.25) is 5.91 Å². The highest BCUT2D eigenvalue weighted by Crippen LogP contribution is 2.46. The van der Waals surface area contributed by atoms with E-state index in [-0.39, 0.29) is 24.1 Å². The minimum atomic E-state index is -0.437. The Morgan fingerprint density at radius 2 is 1.76 bits per heavy atom. The molecule has 9 nitrogen and oxygen atoms in total. The Labute approximate surface area is 248 Å². The molecule has 0 fully saturated rings. The fourth-order valence-electron chi connectivity index (χ4n) is 4.62. The fourth-order valence-corrected chi connectivity index (χ4v) is 5.13. The molecule has 2 aromatic carbocycles. The van der Waals surface area contributed by atoms with Gasteiger partial charge in [-0.25, -0.2) is 4.68 Å². The Hall–Kier alpha value is -4.08. The second-order valence-corrected chi connectivity index (χ2v) is 11.6. The van der Waals surface area contributed by atoms with Crippen LogP contribution < -0.4 is 14.8 Å². The molecule has 4 aromatic rings. The molecule has 3 heterocycles. The summed E-state index contributed by atoms with van der Waals surface area (Å²) in [6.45, 7) is 7.43. The lowest BCUT2D eigenvalue weighted by Crippen LogP contribution is -2.43. The number of amides is 2. The molecule has 0 atom stereocenters. The average Bonchev–Trinajstić information content (AvgIpc) is 3.30. The second kappa shape index (κ2) is 10.7. The summed E-state index contributed by atoms with van der Waals surface area (Å²) in [5.74, 6) is 0.658. The highest BCUT2D eigenvalue weighted by atomic mass is 35.5. The van der Waals surface area contributed by atoms with Gasteiger partial charge < -0.3 is 19.7 Å². The molecule has 0 bridgehead atoms. The van der Waals surface area contributed by atoms with E-state index < -0.39 is 5.54 Å². The molecule has 5 rings (SSSR count). The van der Waals surface area contributed by atoms with Crippen molar-refractivity contribution < 1.29 is 19.1 Å². The quantitative estimate of drug-likeness (QED) is 0.278. The molecule has 0 spiro atoms. The zero-order chi connectivity index (χ0) is 29.6. The Morgan fingerprint density at radius 3 is 2.39 bits per heavy atom. The van der Waals surface area contributed by atoms with E-state index in [0.717, 1.165) is 0 Å². The number of pyridine rings is 1. The van der Waals surface area contributed by atoms with Gasteiger partial charge in [-0.2, -0.15) is 5.10 Å². The maximum absolute atomic E-state index is 13.7.